The van der Waals surface area contributed by atoms with Crippen LogP contribution in [0.2, 0.25) is 0 Å². The smallest absolute Gasteiger partial charge is 0.224 e. The molecule has 0 radical (unpaired) electrons. The molecule has 0 aliphatic heterocycles. The minimum Gasteiger partial charge on any atom is -0.369 e. The summed E-state index contributed by atoms with van der Waals surface area (Å²) in [5, 5.41) is 10.3. The van der Waals surface area contributed by atoms with Gasteiger partial charge in [0.2, 0.25) is 11.9 Å². The Morgan fingerprint density at radius 2 is 2.09 bits per heavy atom. The first-order chi connectivity index (χ1) is 4.95. The molecule has 0 spiro atoms. The van der Waals surface area contributed by atoms with Gasteiger partial charge in [-0.15, -0.1) is 0 Å². The predicted octanol–water partition coefficient (Wildman–Crippen LogP) is 0.163. The van der Waals surface area contributed by atoms with Gasteiger partial charge in [-0.1, -0.05) is 13.8 Å². The Bertz CT molecular complexity index is 167. The lowest BCUT2D eigenvalue weighted by Gasteiger charge is -2.09. The molecule has 2 N–H and O–H groups in total. The number of carbonyl (C=O) groups excluding carboxylic acids is 1. The van der Waals surface area contributed by atoms with E-state index in [1.165, 1.54) is 0 Å². The Hall–Kier alpha value is -1.13. The Kier molecular flexibility index (Phi) is 3.50. The fourth-order valence-corrected chi connectivity index (χ4v) is 0.760. The molecule has 0 aliphatic rings. The fourth-order valence-electron chi connectivity index (χ4n) is 0.760. The highest BCUT2D eigenvalue weighted by atomic mass is 16.6. The predicted molar refractivity (Wildman–Crippen MR) is 39.4 cm³/mol. The fraction of sp³-hybridized carbons (Fsp3) is 0.833. The van der Waals surface area contributed by atoms with Crippen molar-refractivity contribution in [2.24, 2.45) is 11.7 Å². The largest absolute Gasteiger partial charge is 0.369 e. The van der Waals surface area contributed by atoms with E-state index in [1.54, 1.807) is 13.8 Å². The molecule has 1 unspecified atom stereocenters. The van der Waals surface area contributed by atoms with Crippen LogP contribution in [0.5, 0.6) is 0 Å². The van der Waals surface area contributed by atoms with Crippen molar-refractivity contribution in [1.82, 2.24) is 0 Å². The third kappa shape index (κ3) is 3.54. The van der Waals surface area contributed by atoms with Gasteiger partial charge in [0.05, 0.1) is 6.42 Å². The SMILES string of the molecule is CC(C)C(CC(N)=O)[N+](=O)[O-]. The van der Waals surface area contributed by atoms with Crippen LogP contribution in [-0.2, 0) is 4.79 Å². The molecule has 5 nitrogen and oxygen atoms in total. The number of primary amides is 1. The minimum atomic E-state index is -0.840. The summed E-state index contributed by atoms with van der Waals surface area (Å²) in [6.45, 7) is 3.38. The molecule has 0 saturated carbocycles. The molecule has 0 aromatic rings. The van der Waals surface area contributed by atoms with Crippen LogP contribution in [0.1, 0.15) is 20.3 Å². The highest BCUT2D eigenvalue weighted by Gasteiger charge is 2.26. The molecule has 1 amide bonds. The number of nitrogens with two attached hydrogens (primary N) is 1. The van der Waals surface area contributed by atoms with Crippen LogP contribution < -0.4 is 5.73 Å². The van der Waals surface area contributed by atoms with Gasteiger partial charge in [0, 0.05) is 10.8 Å². The van der Waals surface area contributed by atoms with Crippen molar-refractivity contribution in [3.05, 3.63) is 10.1 Å². The topological polar surface area (TPSA) is 86.2 Å². The number of carbonyl (C=O) groups is 1. The lowest BCUT2D eigenvalue weighted by atomic mass is 10.0. The third-order valence-corrected chi connectivity index (χ3v) is 1.45. The second-order valence-corrected chi connectivity index (χ2v) is 2.77. The van der Waals surface area contributed by atoms with E-state index in [1.807, 2.05) is 0 Å². The summed E-state index contributed by atoms with van der Waals surface area (Å²) in [4.78, 5) is 20.1. The normalized spacial score (nSPS) is 13.0. The highest BCUT2D eigenvalue weighted by molar-refractivity contribution is 5.74. The van der Waals surface area contributed by atoms with E-state index >= 15 is 0 Å². The molecule has 1 atom stereocenters. The number of amides is 1. The molecule has 0 heterocycles. The summed E-state index contributed by atoms with van der Waals surface area (Å²) in [7, 11) is 0. The van der Waals surface area contributed by atoms with Gasteiger partial charge in [-0.2, -0.15) is 0 Å². The van der Waals surface area contributed by atoms with Crippen molar-refractivity contribution in [3.8, 4) is 0 Å². The van der Waals surface area contributed by atoms with Crippen LogP contribution in [0.3, 0.4) is 0 Å². The van der Waals surface area contributed by atoms with Crippen LogP contribution in [0, 0.1) is 16.0 Å². The molecule has 0 aromatic heterocycles. The lowest BCUT2D eigenvalue weighted by Crippen LogP contribution is -2.31. The van der Waals surface area contributed by atoms with Crippen LogP contribution in [0.15, 0.2) is 0 Å². The maximum Gasteiger partial charge on any atom is 0.224 e. The Labute approximate surface area is 64.7 Å². The first-order valence-electron chi connectivity index (χ1n) is 3.37. The van der Waals surface area contributed by atoms with E-state index in [4.69, 9.17) is 5.73 Å². The van der Waals surface area contributed by atoms with E-state index < -0.39 is 16.9 Å². The molecule has 0 fully saturated rings. The summed E-state index contributed by atoms with van der Waals surface area (Å²) >= 11 is 0. The third-order valence-electron chi connectivity index (χ3n) is 1.45. The van der Waals surface area contributed by atoms with Crippen molar-refractivity contribution in [2.75, 3.05) is 0 Å². The van der Waals surface area contributed by atoms with Crippen molar-refractivity contribution in [2.45, 2.75) is 26.3 Å². The molecular weight excluding hydrogens is 148 g/mol. The first kappa shape index (κ1) is 9.87. The zero-order valence-electron chi connectivity index (χ0n) is 6.61. The van der Waals surface area contributed by atoms with Crippen molar-refractivity contribution < 1.29 is 9.72 Å². The quantitative estimate of drug-likeness (QED) is 0.469. The van der Waals surface area contributed by atoms with Crippen LogP contribution in [-0.4, -0.2) is 16.9 Å². The molecule has 0 aliphatic carbocycles. The molecule has 0 aromatic carbocycles. The lowest BCUT2D eigenvalue weighted by molar-refractivity contribution is -0.529. The van der Waals surface area contributed by atoms with E-state index in [0.717, 1.165) is 0 Å². The maximum atomic E-state index is 10.3. The van der Waals surface area contributed by atoms with Gasteiger partial charge < -0.3 is 5.73 Å². The summed E-state index contributed by atoms with van der Waals surface area (Å²) in [6, 6.07) is -0.840. The number of nitrogens with zero attached hydrogens (tertiary/aromatic N) is 1. The van der Waals surface area contributed by atoms with E-state index in [-0.39, 0.29) is 12.3 Å². The second kappa shape index (κ2) is 3.90. The van der Waals surface area contributed by atoms with Gasteiger partial charge in [-0.05, 0) is 0 Å². The molecule has 0 rings (SSSR count). The Morgan fingerprint density at radius 1 is 1.64 bits per heavy atom. The van der Waals surface area contributed by atoms with Gasteiger partial charge in [0.25, 0.3) is 0 Å². The number of rotatable bonds is 4. The van der Waals surface area contributed by atoms with Crippen molar-refractivity contribution >= 4 is 5.91 Å². The summed E-state index contributed by atoms with van der Waals surface area (Å²) < 4.78 is 0. The van der Waals surface area contributed by atoms with E-state index in [0.29, 0.717) is 0 Å². The number of hydrogen-bond acceptors (Lipinski definition) is 3. The standard InChI is InChI=1S/C6H12N2O3/c1-4(2)5(8(10)11)3-6(7)9/h4-5H,3H2,1-2H3,(H2,7,9). The number of hydrogen-bond donors (Lipinski definition) is 1. The molecule has 64 valence electrons. The summed E-state index contributed by atoms with van der Waals surface area (Å²) in [5.41, 5.74) is 4.83. The summed E-state index contributed by atoms with van der Waals surface area (Å²) in [6.07, 6.45) is -0.176. The zero-order chi connectivity index (χ0) is 9.02. The average Bonchev–Trinajstić information content (AvgIpc) is 1.81. The van der Waals surface area contributed by atoms with Crippen molar-refractivity contribution in [1.29, 1.82) is 0 Å². The zero-order valence-corrected chi connectivity index (χ0v) is 6.61. The molecule has 11 heavy (non-hydrogen) atoms. The van der Waals surface area contributed by atoms with Crippen LogP contribution >= 0.6 is 0 Å². The van der Waals surface area contributed by atoms with Gasteiger partial charge in [-0.25, -0.2) is 0 Å². The average molecular weight is 160 g/mol. The Morgan fingerprint density at radius 3 is 2.18 bits per heavy atom. The molecule has 0 saturated heterocycles. The Balaban J connectivity index is 4.12. The molecule has 0 bridgehead atoms. The van der Waals surface area contributed by atoms with Crippen LogP contribution in [0.4, 0.5) is 0 Å². The highest BCUT2D eigenvalue weighted by Crippen LogP contribution is 2.08. The summed E-state index contributed by atoms with van der Waals surface area (Å²) in [5.74, 6) is -0.780. The monoisotopic (exact) mass is 160 g/mol. The van der Waals surface area contributed by atoms with Crippen LogP contribution in [0.25, 0.3) is 0 Å². The second-order valence-electron chi connectivity index (χ2n) is 2.77. The number of nitro groups is 1. The van der Waals surface area contributed by atoms with Crippen molar-refractivity contribution in [3.63, 3.8) is 0 Å². The maximum absolute atomic E-state index is 10.3. The van der Waals surface area contributed by atoms with Gasteiger partial charge in [0.15, 0.2) is 0 Å². The van der Waals surface area contributed by atoms with Gasteiger partial charge >= 0.3 is 0 Å². The molecular formula is C6H12N2O3. The first-order valence-corrected chi connectivity index (χ1v) is 3.37. The minimum absolute atomic E-state index is 0.155. The van der Waals surface area contributed by atoms with E-state index in [9.17, 15) is 14.9 Å². The molecule has 5 heteroatoms. The van der Waals surface area contributed by atoms with E-state index in [2.05, 4.69) is 0 Å². The van der Waals surface area contributed by atoms with Gasteiger partial charge in [0.1, 0.15) is 0 Å². The van der Waals surface area contributed by atoms with Gasteiger partial charge in [-0.3, -0.25) is 14.9 Å².